The van der Waals surface area contributed by atoms with E-state index in [1.807, 2.05) is 140 Å². The summed E-state index contributed by atoms with van der Waals surface area (Å²) in [4.78, 5) is 23.9. The molecule has 0 spiro atoms. The van der Waals surface area contributed by atoms with Crippen molar-refractivity contribution in [3.63, 3.8) is 0 Å². The van der Waals surface area contributed by atoms with Gasteiger partial charge in [0.05, 0.1) is 46.0 Å². The molecule has 0 amide bonds. The summed E-state index contributed by atoms with van der Waals surface area (Å²) in [6, 6.07) is 59.1. The number of benzene rings is 7. The molecule has 0 N–H and O–H groups in total. The molecule has 4 heterocycles. The number of nitrogens with zero attached hydrogens (tertiary/aromatic N) is 8. The number of hydrogen-bond donors (Lipinski definition) is 0. The van der Waals surface area contributed by atoms with Crippen LogP contribution in [0.5, 0.6) is 0 Å². The molecule has 0 saturated carbocycles. The van der Waals surface area contributed by atoms with Gasteiger partial charge in [-0.25, -0.2) is 19.8 Å². The van der Waals surface area contributed by atoms with Gasteiger partial charge >= 0.3 is 0 Å². The van der Waals surface area contributed by atoms with Crippen molar-refractivity contribution < 1.29 is 0 Å². The molecule has 0 bridgehead atoms. The molecule has 0 saturated heterocycles. The van der Waals surface area contributed by atoms with Crippen LogP contribution in [-0.4, -0.2) is 29.1 Å². The Morgan fingerprint density at radius 3 is 1.75 bits per heavy atom. The maximum Gasteiger partial charge on any atom is 0.188 e. The topological polar surface area (TPSA) is 89.6 Å². The van der Waals surface area contributed by atoms with Crippen LogP contribution in [0.2, 0.25) is 0 Å². The maximum atomic E-state index is 9.85. The van der Waals surface area contributed by atoms with Crippen LogP contribution in [0.1, 0.15) is 5.56 Å². The predicted molar refractivity (Wildman–Crippen MR) is 239 cm³/mol. The van der Waals surface area contributed by atoms with Crippen LogP contribution >= 0.6 is 0 Å². The van der Waals surface area contributed by atoms with E-state index in [4.69, 9.17) is 26.5 Å². The lowest BCUT2D eigenvalue weighted by atomic mass is 9.97. The van der Waals surface area contributed by atoms with E-state index in [2.05, 4.69) is 62.5 Å². The first-order valence-electron chi connectivity index (χ1n) is 19.5. The first-order chi connectivity index (χ1) is 29.7. The maximum absolute atomic E-state index is 9.85. The first-order valence-corrected chi connectivity index (χ1v) is 19.5. The highest BCUT2D eigenvalue weighted by Gasteiger charge is 2.22. The highest BCUT2D eigenvalue weighted by molar-refractivity contribution is 6.12. The standard InChI is InChI=1S/C52H30N8/c1-54-36-21-25-48-43(29-36)39-17-9-11-19-46(39)60(48)49-26-27-55-32-44(49)41-30-37(59-45-18-10-8-16-38(45)42-28-33(31-53)20-24-47(42)59)22-23-40(41)52-57-50(34-12-4-2-5-13-34)56-51(58-52)35-14-6-3-7-15-35/h2-30,32H. The van der Waals surface area contributed by atoms with Gasteiger partial charge in [-0.1, -0.05) is 103 Å². The van der Waals surface area contributed by atoms with Crippen LogP contribution < -0.4 is 0 Å². The largest absolute Gasteiger partial charge is 0.309 e. The highest BCUT2D eigenvalue weighted by Crippen LogP contribution is 2.42. The Morgan fingerprint density at radius 2 is 1.07 bits per heavy atom. The molecule has 60 heavy (non-hydrogen) atoms. The summed E-state index contributed by atoms with van der Waals surface area (Å²) in [5.74, 6) is 1.65. The summed E-state index contributed by atoms with van der Waals surface area (Å²) >= 11 is 0. The Bertz CT molecular complexity index is 3510. The van der Waals surface area contributed by atoms with Crippen LogP contribution in [0, 0.1) is 17.9 Å². The molecule has 8 heteroatoms. The minimum Gasteiger partial charge on any atom is -0.309 e. The Kier molecular flexibility index (Phi) is 8.07. The van der Waals surface area contributed by atoms with Crippen molar-refractivity contribution in [3.05, 3.63) is 199 Å². The number of fused-ring (bicyclic) bond motifs is 6. The number of hydrogen-bond acceptors (Lipinski definition) is 5. The molecule has 4 aromatic heterocycles. The normalized spacial score (nSPS) is 11.3. The molecule has 0 atom stereocenters. The fraction of sp³-hybridized carbons (Fsp3) is 0. The van der Waals surface area contributed by atoms with Gasteiger partial charge in [-0.05, 0) is 77.7 Å². The molecular weight excluding hydrogens is 737 g/mol. The van der Waals surface area contributed by atoms with E-state index in [0.717, 1.165) is 82.8 Å². The van der Waals surface area contributed by atoms with Gasteiger partial charge in [-0.15, -0.1) is 0 Å². The number of pyridine rings is 1. The summed E-state index contributed by atoms with van der Waals surface area (Å²) in [6.45, 7) is 7.77. The van der Waals surface area contributed by atoms with E-state index in [0.29, 0.717) is 28.7 Å². The Labute approximate surface area is 344 Å². The van der Waals surface area contributed by atoms with Crippen LogP contribution in [0.15, 0.2) is 182 Å². The monoisotopic (exact) mass is 766 g/mol. The van der Waals surface area contributed by atoms with Gasteiger partial charge < -0.3 is 9.13 Å². The van der Waals surface area contributed by atoms with E-state index in [-0.39, 0.29) is 0 Å². The summed E-state index contributed by atoms with van der Waals surface area (Å²) < 4.78 is 4.51. The minimum atomic E-state index is 0.517. The van der Waals surface area contributed by atoms with Gasteiger partial charge in [0.2, 0.25) is 0 Å². The van der Waals surface area contributed by atoms with E-state index in [9.17, 15) is 5.26 Å². The third kappa shape index (κ3) is 5.60. The fourth-order valence-electron chi connectivity index (χ4n) is 8.42. The third-order valence-electron chi connectivity index (χ3n) is 11.1. The molecule has 0 radical (unpaired) electrons. The average molecular weight is 767 g/mol. The van der Waals surface area contributed by atoms with E-state index >= 15 is 0 Å². The van der Waals surface area contributed by atoms with Crippen molar-refractivity contribution in [2.45, 2.75) is 0 Å². The van der Waals surface area contributed by atoms with Crippen molar-refractivity contribution in [2.75, 3.05) is 0 Å². The van der Waals surface area contributed by atoms with Gasteiger partial charge in [-0.3, -0.25) is 4.98 Å². The first kappa shape index (κ1) is 34.5. The highest BCUT2D eigenvalue weighted by atomic mass is 15.0. The molecule has 11 aromatic rings. The van der Waals surface area contributed by atoms with Gasteiger partial charge in [-0.2, -0.15) is 5.26 Å². The SMILES string of the molecule is [C-]#[N+]c1ccc2c(c1)c1ccccc1n2-c1ccncc1-c1cc(-n2c3ccccc3c3cc(C#N)ccc32)ccc1-c1nc(-c2ccccc2)nc(-c2ccccc2)n1. The van der Waals surface area contributed by atoms with Crippen LogP contribution in [0.4, 0.5) is 5.69 Å². The van der Waals surface area contributed by atoms with E-state index < -0.39 is 0 Å². The summed E-state index contributed by atoms with van der Waals surface area (Å²) in [5.41, 5.74) is 11.3. The van der Waals surface area contributed by atoms with Crippen LogP contribution in [-0.2, 0) is 0 Å². The molecular formula is C52H30N8. The second-order valence-electron chi connectivity index (χ2n) is 14.5. The lowest BCUT2D eigenvalue weighted by Crippen LogP contribution is -2.04. The molecule has 0 unspecified atom stereocenters. The van der Waals surface area contributed by atoms with Gasteiger partial charge in [0.15, 0.2) is 23.2 Å². The summed E-state index contributed by atoms with van der Waals surface area (Å²) in [6.07, 6.45) is 3.73. The molecule has 0 aliphatic carbocycles. The van der Waals surface area contributed by atoms with E-state index in [1.165, 1.54) is 0 Å². The fourth-order valence-corrected chi connectivity index (χ4v) is 8.42. The second-order valence-corrected chi connectivity index (χ2v) is 14.5. The predicted octanol–water partition coefficient (Wildman–Crippen LogP) is 12.6. The summed E-state index contributed by atoms with van der Waals surface area (Å²) in [7, 11) is 0. The van der Waals surface area contributed by atoms with Crippen LogP contribution in [0.3, 0.4) is 0 Å². The van der Waals surface area contributed by atoms with Crippen molar-refractivity contribution in [1.82, 2.24) is 29.1 Å². The quantitative estimate of drug-likeness (QED) is 0.157. The number of para-hydroxylation sites is 2. The zero-order valence-electron chi connectivity index (χ0n) is 31.9. The summed E-state index contributed by atoms with van der Waals surface area (Å²) in [5, 5.41) is 13.9. The minimum absolute atomic E-state index is 0.517. The van der Waals surface area contributed by atoms with Crippen molar-refractivity contribution in [1.29, 1.82) is 5.26 Å². The van der Waals surface area contributed by atoms with Crippen molar-refractivity contribution in [3.8, 4) is 62.7 Å². The molecule has 7 aromatic carbocycles. The molecule has 278 valence electrons. The van der Waals surface area contributed by atoms with Crippen molar-refractivity contribution in [2.24, 2.45) is 0 Å². The zero-order chi connectivity index (χ0) is 40.2. The van der Waals surface area contributed by atoms with Crippen LogP contribution in [0.25, 0.3) is 105 Å². The molecule has 11 rings (SSSR count). The van der Waals surface area contributed by atoms with Gasteiger partial charge in [0, 0.05) is 56.5 Å². The molecule has 0 aliphatic rings. The number of nitriles is 1. The smallest absolute Gasteiger partial charge is 0.188 e. The number of rotatable bonds is 6. The molecule has 0 aliphatic heterocycles. The molecule has 8 nitrogen and oxygen atoms in total. The average Bonchev–Trinajstić information content (AvgIpc) is 3.83. The third-order valence-corrected chi connectivity index (χ3v) is 11.1. The lowest BCUT2D eigenvalue weighted by molar-refractivity contribution is 1.07. The Morgan fingerprint density at radius 1 is 0.483 bits per heavy atom. The second kappa shape index (κ2) is 14.0. The van der Waals surface area contributed by atoms with E-state index in [1.54, 1.807) is 0 Å². The van der Waals surface area contributed by atoms with Crippen molar-refractivity contribution >= 4 is 49.3 Å². The Balaban J connectivity index is 1.23. The zero-order valence-corrected chi connectivity index (χ0v) is 31.9. The van der Waals surface area contributed by atoms with Gasteiger partial charge in [0.25, 0.3) is 0 Å². The lowest BCUT2D eigenvalue weighted by Gasteiger charge is -2.18. The number of aromatic nitrogens is 6. The Hall–Kier alpha value is -8.72. The molecule has 0 fully saturated rings. The van der Waals surface area contributed by atoms with Gasteiger partial charge in [0.1, 0.15) is 0 Å².